The first-order chi connectivity index (χ1) is 9.38. The second kappa shape index (κ2) is 6.07. The summed E-state index contributed by atoms with van der Waals surface area (Å²) >= 11 is 0. The molecule has 1 aliphatic heterocycles. The van der Waals surface area contributed by atoms with Crippen molar-refractivity contribution in [3.05, 3.63) is 29.6 Å². The summed E-state index contributed by atoms with van der Waals surface area (Å²) in [6, 6.07) is 2.93. The van der Waals surface area contributed by atoms with E-state index in [1.165, 1.54) is 0 Å². The molecule has 1 atom stereocenters. The highest BCUT2D eigenvalue weighted by molar-refractivity contribution is 8.13. The van der Waals surface area contributed by atoms with Crippen molar-refractivity contribution in [2.75, 3.05) is 19.8 Å². The molecular formula is C12H13ClFNO4S. The molecule has 0 bridgehead atoms. The molecule has 1 aromatic rings. The van der Waals surface area contributed by atoms with Crippen LogP contribution in [0.15, 0.2) is 23.1 Å². The second-order valence-electron chi connectivity index (χ2n) is 4.52. The smallest absolute Gasteiger partial charge is 0.261 e. The Labute approximate surface area is 120 Å². The molecule has 1 N–H and O–H groups in total. The molecule has 1 unspecified atom stereocenters. The van der Waals surface area contributed by atoms with Crippen LogP contribution in [-0.4, -0.2) is 34.1 Å². The Hall–Kier alpha value is -1.18. The van der Waals surface area contributed by atoms with Crippen molar-refractivity contribution >= 4 is 25.6 Å². The highest BCUT2D eigenvalue weighted by Crippen LogP contribution is 2.18. The van der Waals surface area contributed by atoms with Crippen LogP contribution in [0.2, 0.25) is 0 Å². The maximum Gasteiger partial charge on any atom is 0.261 e. The highest BCUT2D eigenvalue weighted by atomic mass is 35.7. The van der Waals surface area contributed by atoms with Crippen molar-refractivity contribution in [1.82, 2.24) is 5.32 Å². The predicted molar refractivity (Wildman–Crippen MR) is 70.7 cm³/mol. The van der Waals surface area contributed by atoms with Gasteiger partial charge >= 0.3 is 0 Å². The van der Waals surface area contributed by atoms with Gasteiger partial charge in [-0.3, -0.25) is 4.79 Å². The van der Waals surface area contributed by atoms with Crippen LogP contribution in [0.3, 0.4) is 0 Å². The lowest BCUT2D eigenvalue weighted by Gasteiger charge is -2.10. The lowest BCUT2D eigenvalue weighted by Crippen LogP contribution is -2.30. The maximum absolute atomic E-state index is 13.7. The maximum atomic E-state index is 13.7. The molecule has 1 fully saturated rings. The summed E-state index contributed by atoms with van der Waals surface area (Å²) in [4.78, 5) is 11.4. The zero-order valence-corrected chi connectivity index (χ0v) is 12.0. The van der Waals surface area contributed by atoms with Gasteiger partial charge in [-0.2, -0.15) is 0 Å². The van der Waals surface area contributed by atoms with Crippen molar-refractivity contribution in [3.8, 4) is 0 Å². The van der Waals surface area contributed by atoms with E-state index in [-0.39, 0.29) is 16.4 Å². The number of benzene rings is 1. The molecule has 5 nitrogen and oxygen atoms in total. The number of hydrogen-bond acceptors (Lipinski definition) is 4. The number of hydrogen-bond donors (Lipinski definition) is 1. The van der Waals surface area contributed by atoms with Crippen LogP contribution < -0.4 is 5.32 Å². The molecule has 0 aliphatic carbocycles. The van der Waals surface area contributed by atoms with Gasteiger partial charge in [-0.15, -0.1) is 0 Å². The lowest BCUT2D eigenvalue weighted by atomic mass is 10.1. The minimum Gasteiger partial charge on any atom is -0.381 e. The van der Waals surface area contributed by atoms with Crippen molar-refractivity contribution < 1.29 is 22.3 Å². The van der Waals surface area contributed by atoms with Gasteiger partial charge in [-0.25, -0.2) is 12.8 Å². The molecule has 0 spiro atoms. The van der Waals surface area contributed by atoms with Crippen LogP contribution in [0.4, 0.5) is 4.39 Å². The average Bonchev–Trinajstić information content (AvgIpc) is 2.87. The van der Waals surface area contributed by atoms with Gasteiger partial charge in [-0.05, 0) is 24.6 Å². The van der Waals surface area contributed by atoms with E-state index in [9.17, 15) is 17.6 Å². The van der Waals surface area contributed by atoms with Crippen LogP contribution in [0.25, 0.3) is 0 Å². The Morgan fingerprint density at radius 2 is 2.25 bits per heavy atom. The minimum atomic E-state index is -4.01. The quantitative estimate of drug-likeness (QED) is 0.853. The largest absolute Gasteiger partial charge is 0.381 e. The third kappa shape index (κ3) is 3.68. The third-order valence-electron chi connectivity index (χ3n) is 3.04. The van der Waals surface area contributed by atoms with E-state index in [2.05, 4.69) is 5.32 Å². The summed E-state index contributed by atoms with van der Waals surface area (Å²) in [7, 11) is 1.09. The first kappa shape index (κ1) is 15.2. The third-order valence-corrected chi connectivity index (χ3v) is 4.39. The summed E-state index contributed by atoms with van der Waals surface area (Å²) in [5.41, 5.74) is -0.215. The van der Waals surface area contributed by atoms with Gasteiger partial charge in [0.15, 0.2) is 0 Å². The van der Waals surface area contributed by atoms with Crippen molar-refractivity contribution in [2.45, 2.75) is 11.3 Å². The fraction of sp³-hybridized carbons (Fsp3) is 0.417. The number of carbonyl (C=O) groups excluding carboxylic acids is 1. The fourth-order valence-electron chi connectivity index (χ4n) is 1.91. The Morgan fingerprint density at radius 3 is 2.80 bits per heavy atom. The highest BCUT2D eigenvalue weighted by Gasteiger charge is 2.19. The normalized spacial score (nSPS) is 19.0. The van der Waals surface area contributed by atoms with Gasteiger partial charge in [0.2, 0.25) is 0 Å². The standard InChI is InChI=1S/C12H13ClFNO4S/c13-20(17,18)9-1-2-10(11(14)5-9)12(16)15-6-8-3-4-19-7-8/h1-2,5,8H,3-4,6-7H2,(H,15,16). The SMILES string of the molecule is O=C(NCC1CCOC1)c1ccc(S(=O)(=O)Cl)cc1F. The molecule has 0 aromatic heterocycles. The van der Waals surface area contributed by atoms with E-state index in [1.54, 1.807) is 0 Å². The number of carbonyl (C=O) groups is 1. The molecule has 110 valence electrons. The first-order valence-corrected chi connectivity index (χ1v) is 8.29. The van der Waals surface area contributed by atoms with Gasteiger partial charge in [-0.1, -0.05) is 0 Å². The summed E-state index contributed by atoms with van der Waals surface area (Å²) in [5.74, 6) is -1.29. The molecule has 1 amide bonds. The number of rotatable bonds is 4. The molecule has 1 aromatic carbocycles. The minimum absolute atomic E-state index is 0.215. The summed E-state index contributed by atoms with van der Waals surface area (Å²) in [5, 5.41) is 2.60. The van der Waals surface area contributed by atoms with Crippen molar-refractivity contribution in [3.63, 3.8) is 0 Å². The van der Waals surface area contributed by atoms with Crippen LogP contribution in [0, 0.1) is 11.7 Å². The first-order valence-electron chi connectivity index (χ1n) is 5.98. The van der Waals surface area contributed by atoms with Crippen molar-refractivity contribution in [2.24, 2.45) is 5.92 Å². The van der Waals surface area contributed by atoms with E-state index >= 15 is 0 Å². The Bertz CT molecular complexity index is 614. The van der Waals surface area contributed by atoms with Crippen LogP contribution in [-0.2, 0) is 13.8 Å². The number of nitrogens with one attached hydrogen (secondary N) is 1. The fourth-order valence-corrected chi connectivity index (χ4v) is 2.67. The van der Waals surface area contributed by atoms with E-state index in [0.717, 1.165) is 24.6 Å². The molecule has 1 saturated heterocycles. The number of amides is 1. The van der Waals surface area contributed by atoms with Crippen LogP contribution in [0.1, 0.15) is 16.8 Å². The van der Waals surface area contributed by atoms with Gasteiger partial charge in [0.25, 0.3) is 15.0 Å². The molecule has 1 heterocycles. The Balaban J connectivity index is 2.06. The molecule has 1 aliphatic rings. The van der Waals surface area contributed by atoms with E-state index in [1.807, 2.05) is 0 Å². The molecule has 8 heteroatoms. The summed E-state index contributed by atoms with van der Waals surface area (Å²) in [6.07, 6.45) is 0.853. The average molecular weight is 322 g/mol. The molecule has 20 heavy (non-hydrogen) atoms. The van der Waals surface area contributed by atoms with Gasteiger partial charge in [0.05, 0.1) is 17.1 Å². The monoisotopic (exact) mass is 321 g/mol. The van der Waals surface area contributed by atoms with E-state index in [0.29, 0.717) is 19.8 Å². The zero-order valence-electron chi connectivity index (χ0n) is 10.4. The van der Waals surface area contributed by atoms with Gasteiger partial charge in [0, 0.05) is 29.8 Å². The molecular weight excluding hydrogens is 309 g/mol. The van der Waals surface area contributed by atoms with Crippen LogP contribution >= 0.6 is 10.7 Å². The topological polar surface area (TPSA) is 72.5 Å². The summed E-state index contributed by atoms with van der Waals surface area (Å²) < 4.78 is 41.0. The predicted octanol–water partition coefficient (Wildman–Crippen LogP) is 1.52. The van der Waals surface area contributed by atoms with Crippen molar-refractivity contribution in [1.29, 1.82) is 0 Å². The lowest BCUT2D eigenvalue weighted by molar-refractivity contribution is 0.0941. The second-order valence-corrected chi connectivity index (χ2v) is 7.09. The zero-order chi connectivity index (χ0) is 14.8. The summed E-state index contributed by atoms with van der Waals surface area (Å²) in [6.45, 7) is 1.64. The van der Waals surface area contributed by atoms with E-state index in [4.69, 9.17) is 15.4 Å². The van der Waals surface area contributed by atoms with Gasteiger partial charge in [0.1, 0.15) is 5.82 Å². The van der Waals surface area contributed by atoms with Gasteiger partial charge < -0.3 is 10.1 Å². The molecule has 0 saturated carbocycles. The van der Waals surface area contributed by atoms with E-state index < -0.39 is 20.8 Å². The Morgan fingerprint density at radius 1 is 1.50 bits per heavy atom. The number of ether oxygens (including phenoxy) is 1. The molecule has 2 rings (SSSR count). The number of halogens is 2. The molecule has 0 radical (unpaired) electrons. The van der Waals surface area contributed by atoms with Crippen LogP contribution in [0.5, 0.6) is 0 Å². The Kier molecular flexibility index (Phi) is 4.62.